The molecule has 4 nitrogen and oxygen atoms in total. The van der Waals surface area contributed by atoms with Crippen molar-refractivity contribution < 1.29 is 9.59 Å². The van der Waals surface area contributed by atoms with E-state index in [1.807, 2.05) is 0 Å². The van der Waals surface area contributed by atoms with Gasteiger partial charge in [0.05, 0.1) is 5.41 Å². The smallest absolute Gasteiger partial charge is 0.223 e. The number of aldehydes is 1. The van der Waals surface area contributed by atoms with Gasteiger partial charge in [-0.3, -0.25) is 4.79 Å². The Morgan fingerprint density at radius 1 is 1.41 bits per heavy atom. The maximum atomic E-state index is 11.6. The molecule has 0 unspecified atom stereocenters. The Hall–Kier alpha value is -0.900. The molecule has 0 radical (unpaired) electrons. The number of likely N-dealkylation sites (tertiary alicyclic amines) is 1. The van der Waals surface area contributed by atoms with Gasteiger partial charge in [-0.05, 0) is 45.3 Å². The highest BCUT2D eigenvalue weighted by Crippen LogP contribution is 2.35. The Balaban J connectivity index is 2.49. The fourth-order valence-corrected chi connectivity index (χ4v) is 2.54. The summed E-state index contributed by atoms with van der Waals surface area (Å²) in [5.74, 6) is -0.227. The van der Waals surface area contributed by atoms with Gasteiger partial charge in [-0.1, -0.05) is 13.3 Å². The van der Waals surface area contributed by atoms with Crippen LogP contribution in [0.1, 0.15) is 45.4 Å². The van der Waals surface area contributed by atoms with Crippen LogP contribution in [0.2, 0.25) is 0 Å². The van der Waals surface area contributed by atoms with Crippen molar-refractivity contribution in [3.63, 3.8) is 0 Å². The molecule has 1 fully saturated rings. The summed E-state index contributed by atoms with van der Waals surface area (Å²) in [5, 5.41) is 0. The lowest BCUT2D eigenvalue weighted by molar-refractivity contribution is -0.131. The van der Waals surface area contributed by atoms with Gasteiger partial charge in [0.15, 0.2) is 0 Å². The quantitative estimate of drug-likeness (QED) is 0.683. The molecule has 1 rings (SSSR count). The van der Waals surface area contributed by atoms with Crippen molar-refractivity contribution in [2.24, 2.45) is 11.1 Å². The largest absolute Gasteiger partial charge is 0.369 e. The third-order valence-electron chi connectivity index (χ3n) is 3.90. The van der Waals surface area contributed by atoms with Crippen LogP contribution in [0.5, 0.6) is 0 Å². The summed E-state index contributed by atoms with van der Waals surface area (Å²) in [6, 6.07) is 0. The molecular weight excluding hydrogens is 216 g/mol. The lowest BCUT2D eigenvalue weighted by Gasteiger charge is -2.39. The van der Waals surface area contributed by atoms with E-state index in [4.69, 9.17) is 5.73 Å². The summed E-state index contributed by atoms with van der Waals surface area (Å²) >= 11 is 0. The fourth-order valence-electron chi connectivity index (χ4n) is 2.54. The van der Waals surface area contributed by atoms with E-state index in [0.717, 1.165) is 38.8 Å². The first-order valence-electron chi connectivity index (χ1n) is 6.60. The Morgan fingerprint density at radius 2 is 2.06 bits per heavy atom. The number of piperidine rings is 1. The average molecular weight is 240 g/mol. The van der Waals surface area contributed by atoms with Crippen LogP contribution in [0.25, 0.3) is 0 Å². The highest BCUT2D eigenvalue weighted by atomic mass is 16.1. The summed E-state index contributed by atoms with van der Waals surface area (Å²) in [5.41, 5.74) is 5.09. The van der Waals surface area contributed by atoms with E-state index in [2.05, 4.69) is 11.8 Å². The van der Waals surface area contributed by atoms with E-state index in [1.165, 1.54) is 12.8 Å². The Bertz CT molecular complexity index is 258. The molecule has 0 atom stereocenters. The molecule has 0 aromatic rings. The van der Waals surface area contributed by atoms with Crippen molar-refractivity contribution in [3.8, 4) is 0 Å². The minimum Gasteiger partial charge on any atom is -0.369 e. The second-order valence-corrected chi connectivity index (χ2v) is 5.05. The average Bonchev–Trinajstić information content (AvgIpc) is 2.35. The second-order valence-electron chi connectivity index (χ2n) is 5.05. The number of nitrogens with zero attached hydrogens (tertiary/aromatic N) is 1. The minimum absolute atomic E-state index is 0.227. The number of carbonyl (C=O) groups excluding carboxylic acids is 2. The van der Waals surface area contributed by atoms with Gasteiger partial charge in [0.1, 0.15) is 6.29 Å². The van der Waals surface area contributed by atoms with Crippen molar-refractivity contribution in [1.82, 2.24) is 4.90 Å². The number of carbonyl (C=O) groups is 2. The minimum atomic E-state index is -0.427. The van der Waals surface area contributed by atoms with E-state index in [9.17, 15) is 9.59 Å². The van der Waals surface area contributed by atoms with Crippen LogP contribution < -0.4 is 5.73 Å². The number of hydrogen-bond donors (Lipinski definition) is 1. The van der Waals surface area contributed by atoms with Gasteiger partial charge in [-0.25, -0.2) is 0 Å². The van der Waals surface area contributed by atoms with E-state index in [1.54, 1.807) is 0 Å². The molecule has 0 saturated carbocycles. The van der Waals surface area contributed by atoms with Crippen LogP contribution >= 0.6 is 0 Å². The van der Waals surface area contributed by atoms with Gasteiger partial charge in [0.25, 0.3) is 0 Å². The first-order valence-corrected chi connectivity index (χ1v) is 6.60. The molecule has 1 aliphatic rings. The van der Waals surface area contributed by atoms with Crippen molar-refractivity contribution in [2.45, 2.75) is 45.4 Å². The van der Waals surface area contributed by atoms with Gasteiger partial charge in [0, 0.05) is 6.42 Å². The highest BCUT2D eigenvalue weighted by molar-refractivity contribution is 5.81. The topological polar surface area (TPSA) is 63.4 Å². The predicted octanol–water partition coefficient (Wildman–Crippen LogP) is 1.33. The van der Waals surface area contributed by atoms with E-state index >= 15 is 0 Å². The predicted molar refractivity (Wildman–Crippen MR) is 67.5 cm³/mol. The molecule has 4 heteroatoms. The van der Waals surface area contributed by atoms with Crippen molar-refractivity contribution in [3.05, 3.63) is 0 Å². The Kier molecular flexibility index (Phi) is 5.62. The number of hydrogen-bond acceptors (Lipinski definition) is 3. The van der Waals surface area contributed by atoms with Gasteiger partial charge in [-0.2, -0.15) is 0 Å². The van der Waals surface area contributed by atoms with Gasteiger partial charge in [-0.15, -0.1) is 0 Å². The Labute approximate surface area is 104 Å². The van der Waals surface area contributed by atoms with E-state index in [-0.39, 0.29) is 5.91 Å². The third kappa shape index (κ3) is 3.80. The number of rotatable bonds is 7. The summed E-state index contributed by atoms with van der Waals surface area (Å²) in [7, 11) is 0. The van der Waals surface area contributed by atoms with Gasteiger partial charge < -0.3 is 15.4 Å². The number of primary amides is 1. The molecule has 0 spiro atoms. The normalized spacial score (nSPS) is 20.1. The summed E-state index contributed by atoms with van der Waals surface area (Å²) in [6.07, 6.45) is 5.96. The first kappa shape index (κ1) is 14.2. The van der Waals surface area contributed by atoms with Crippen LogP contribution in [0.4, 0.5) is 0 Å². The standard InChI is InChI=1S/C13H24N2O2/c1-2-3-8-15-9-6-13(7-10-15,12(14)17)5-4-11-16/h11H,2-10H2,1H3,(H2,14,17). The molecule has 0 aromatic heterocycles. The maximum Gasteiger partial charge on any atom is 0.223 e. The third-order valence-corrected chi connectivity index (χ3v) is 3.90. The zero-order chi connectivity index (χ0) is 12.7. The zero-order valence-electron chi connectivity index (χ0n) is 10.8. The zero-order valence-corrected chi connectivity index (χ0v) is 10.8. The molecule has 98 valence electrons. The first-order chi connectivity index (χ1) is 8.14. The van der Waals surface area contributed by atoms with Crippen molar-refractivity contribution in [1.29, 1.82) is 0 Å². The lowest BCUT2D eigenvalue weighted by atomic mass is 9.74. The molecule has 0 aliphatic carbocycles. The van der Waals surface area contributed by atoms with Gasteiger partial charge >= 0.3 is 0 Å². The number of amides is 1. The molecule has 1 amide bonds. The van der Waals surface area contributed by atoms with Crippen LogP contribution in [0.15, 0.2) is 0 Å². The van der Waals surface area contributed by atoms with Crippen molar-refractivity contribution >= 4 is 12.2 Å². The summed E-state index contributed by atoms with van der Waals surface area (Å²) < 4.78 is 0. The molecule has 1 aliphatic heterocycles. The number of unbranched alkanes of at least 4 members (excludes halogenated alkanes) is 1. The molecular formula is C13H24N2O2. The molecule has 17 heavy (non-hydrogen) atoms. The van der Waals surface area contributed by atoms with Crippen LogP contribution in [-0.2, 0) is 9.59 Å². The highest BCUT2D eigenvalue weighted by Gasteiger charge is 2.38. The summed E-state index contributed by atoms with van der Waals surface area (Å²) in [6.45, 7) is 5.16. The van der Waals surface area contributed by atoms with Crippen LogP contribution in [0.3, 0.4) is 0 Å². The fraction of sp³-hybridized carbons (Fsp3) is 0.846. The molecule has 1 saturated heterocycles. The summed E-state index contributed by atoms with van der Waals surface area (Å²) in [4.78, 5) is 24.4. The van der Waals surface area contributed by atoms with E-state index in [0.29, 0.717) is 12.8 Å². The van der Waals surface area contributed by atoms with Crippen LogP contribution in [-0.4, -0.2) is 36.7 Å². The number of nitrogens with two attached hydrogens (primary N) is 1. The monoisotopic (exact) mass is 240 g/mol. The Morgan fingerprint density at radius 3 is 2.53 bits per heavy atom. The molecule has 0 aromatic carbocycles. The van der Waals surface area contributed by atoms with Crippen LogP contribution in [0, 0.1) is 5.41 Å². The van der Waals surface area contributed by atoms with Crippen molar-refractivity contribution in [2.75, 3.05) is 19.6 Å². The van der Waals surface area contributed by atoms with Gasteiger partial charge in [0.2, 0.25) is 5.91 Å². The SMILES string of the molecule is CCCCN1CCC(CCC=O)(C(N)=O)CC1. The molecule has 2 N–H and O–H groups in total. The molecule has 0 bridgehead atoms. The second kappa shape index (κ2) is 6.74. The maximum absolute atomic E-state index is 11.6. The lowest BCUT2D eigenvalue weighted by Crippen LogP contribution is -2.47. The molecule has 1 heterocycles. The van der Waals surface area contributed by atoms with E-state index < -0.39 is 5.41 Å².